The summed E-state index contributed by atoms with van der Waals surface area (Å²) in [6, 6.07) is 12.5. The van der Waals surface area contributed by atoms with Crippen LogP contribution in [0.2, 0.25) is 0 Å². The molecule has 2 atom stereocenters. The van der Waals surface area contributed by atoms with Crippen LogP contribution in [0, 0.1) is 0 Å². The van der Waals surface area contributed by atoms with Crippen molar-refractivity contribution in [2.75, 3.05) is 6.54 Å². The fraction of sp³-hybridized carbons (Fsp3) is 0.353. The Bertz CT molecular complexity index is 748. The Labute approximate surface area is 146 Å². The van der Waals surface area contributed by atoms with E-state index in [-0.39, 0.29) is 35.6 Å². The first-order valence-corrected chi connectivity index (χ1v) is 7.83. The summed E-state index contributed by atoms with van der Waals surface area (Å²) >= 11 is 0. The van der Waals surface area contributed by atoms with Gasteiger partial charge in [-0.1, -0.05) is 18.2 Å². The van der Waals surface area contributed by atoms with Gasteiger partial charge in [0.1, 0.15) is 5.69 Å². The van der Waals surface area contributed by atoms with Gasteiger partial charge in [0.2, 0.25) is 0 Å². The van der Waals surface area contributed by atoms with Gasteiger partial charge in [-0.05, 0) is 44.5 Å². The van der Waals surface area contributed by atoms with Gasteiger partial charge < -0.3 is 10.6 Å². The lowest BCUT2D eigenvalue weighted by Crippen LogP contribution is -2.47. The highest BCUT2D eigenvalue weighted by Gasteiger charge is 2.21. The van der Waals surface area contributed by atoms with Crippen LogP contribution in [-0.2, 0) is 0 Å². The normalized spacial score (nSPS) is 20.0. The Morgan fingerprint density at radius 2 is 2.00 bits per heavy atom. The molecule has 24 heavy (non-hydrogen) atoms. The van der Waals surface area contributed by atoms with Crippen molar-refractivity contribution in [3.05, 3.63) is 58.5 Å². The summed E-state index contributed by atoms with van der Waals surface area (Å²) in [6.07, 6.45) is 1.79. The molecule has 0 bridgehead atoms. The third-order valence-corrected chi connectivity index (χ3v) is 3.99. The minimum Gasteiger partial charge on any atom is -0.348 e. The molecule has 2 unspecified atom stereocenters. The number of benzene rings is 1. The first-order valence-electron chi connectivity index (χ1n) is 7.83. The van der Waals surface area contributed by atoms with Crippen LogP contribution in [0.1, 0.15) is 30.3 Å². The van der Waals surface area contributed by atoms with Gasteiger partial charge in [-0.15, -0.1) is 12.4 Å². The number of hydrogen-bond acceptors (Lipinski definition) is 4. The first kappa shape index (κ1) is 18.2. The second-order valence-corrected chi connectivity index (χ2v) is 5.85. The van der Waals surface area contributed by atoms with Crippen molar-refractivity contribution >= 4 is 18.3 Å². The molecule has 1 aliphatic rings. The van der Waals surface area contributed by atoms with Crippen molar-refractivity contribution in [2.45, 2.75) is 31.8 Å². The zero-order chi connectivity index (χ0) is 16.2. The maximum absolute atomic E-state index is 12.4. The van der Waals surface area contributed by atoms with E-state index < -0.39 is 0 Å². The van der Waals surface area contributed by atoms with Gasteiger partial charge >= 0.3 is 0 Å². The van der Waals surface area contributed by atoms with Gasteiger partial charge in [-0.3, -0.25) is 9.59 Å². The molecule has 2 heterocycles. The summed E-state index contributed by atoms with van der Waals surface area (Å²) in [6.45, 7) is 3.00. The number of rotatable bonds is 3. The number of piperidine rings is 1. The highest BCUT2D eigenvalue weighted by atomic mass is 35.5. The third-order valence-electron chi connectivity index (χ3n) is 3.99. The molecule has 0 radical (unpaired) electrons. The molecule has 2 N–H and O–H groups in total. The molecule has 1 amide bonds. The molecule has 1 aliphatic heterocycles. The Kier molecular flexibility index (Phi) is 6.11. The number of para-hydroxylation sites is 1. The number of halogens is 1. The lowest BCUT2D eigenvalue weighted by Gasteiger charge is -2.28. The van der Waals surface area contributed by atoms with E-state index in [4.69, 9.17) is 0 Å². The van der Waals surface area contributed by atoms with Crippen molar-refractivity contribution < 1.29 is 4.79 Å². The molecule has 1 fully saturated rings. The Balaban J connectivity index is 0.00000208. The molecule has 0 saturated carbocycles. The average Bonchev–Trinajstić information content (AvgIpc) is 2.56. The van der Waals surface area contributed by atoms with Crippen LogP contribution in [0.3, 0.4) is 0 Å². The third kappa shape index (κ3) is 4.21. The summed E-state index contributed by atoms with van der Waals surface area (Å²) in [5.74, 6) is -0.242. The summed E-state index contributed by atoms with van der Waals surface area (Å²) in [5, 5.41) is 10.6. The van der Waals surface area contributed by atoms with E-state index in [2.05, 4.69) is 22.7 Å². The van der Waals surface area contributed by atoms with E-state index in [1.54, 1.807) is 12.1 Å². The molecule has 128 valence electrons. The second kappa shape index (κ2) is 8.08. The van der Waals surface area contributed by atoms with E-state index in [1.165, 1.54) is 16.8 Å². The number of nitrogens with zero attached hydrogens (tertiary/aromatic N) is 2. The summed E-state index contributed by atoms with van der Waals surface area (Å²) in [7, 11) is 0. The predicted molar refractivity (Wildman–Crippen MR) is 95.0 cm³/mol. The van der Waals surface area contributed by atoms with E-state index in [1.807, 2.05) is 18.2 Å². The molecule has 2 aromatic rings. The van der Waals surface area contributed by atoms with Crippen molar-refractivity contribution in [2.24, 2.45) is 0 Å². The Morgan fingerprint density at radius 1 is 1.25 bits per heavy atom. The molecular weight excluding hydrogens is 328 g/mol. The van der Waals surface area contributed by atoms with Crippen LogP contribution < -0.4 is 16.2 Å². The van der Waals surface area contributed by atoms with E-state index in [0.29, 0.717) is 11.7 Å². The average molecular weight is 349 g/mol. The van der Waals surface area contributed by atoms with Gasteiger partial charge in [-0.2, -0.15) is 9.78 Å². The number of hydrogen-bond donors (Lipinski definition) is 2. The van der Waals surface area contributed by atoms with Crippen molar-refractivity contribution in [1.29, 1.82) is 0 Å². The molecule has 0 spiro atoms. The van der Waals surface area contributed by atoms with Gasteiger partial charge in [0.05, 0.1) is 5.69 Å². The number of amides is 1. The number of aromatic nitrogens is 2. The minimum absolute atomic E-state index is 0. The fourth-order valence-electron chi connectivity index (χ4n) is 2.81. The summed E-state index contributed by atoms with van der Waals surface area (Å²) < 4.78 is 1.25. The maximum Gasteiger partial charge on any atom is 0.271 e. The molecule has 1 aromatic heterocycles. The lowest BCUT2D eigenvalue weighted by molar-refractivity contribution is 0.0918. The zero-order valence-electron chi connectivity index (χ0n) is 13.4. The Morgan fingerprint density at radius 3 is 2.71 bits per heavy atom. The Hall–Kier alpha value is -2.18. The van der Waals surface area contributed by atoms with Gasteiger partial charge in [0.25, 0.3) is 11.5 Å². The summed E-state index contributed by atoms with van der Waals surface area (Å²) in [4.78, 5) is 24.4. The second-order valence-electron chi connectivity index (χ2n) is 5.85. The molecule has 0 aliphatic carbocycles. The standard InChI is InChI=1S/C17H20N4O2.ClH/c1-12-11-13(9-10-18-12)19-17(23)15-7-8-16(22)21(20-15)14-5-3-2-4-6-14;/h2-8,12-13,18H,9-11H2,1H3,(H,19,23);1H. The SMILES string of the molecule is CC1CC(NC(=O)c2ccc(=O)n(-c3ccccc3)n2)CCN1.Cl. The number of carbonyl (C=O) groups is 1. The monoisotopic (exact) mass is 348 g/mol. The summed E-state index contributed by atoms with van der Waals surface area (Å²) in [5.41, 5.74) is 0.630. The van der Waals surface area contributed by atoms with Crippen LogP contribution >= 0.6 is 12.4 Å². The molecule has 3 rings (SSSR count). The highest BCUT2D eigenvalue weighted by molar-refractivity contribution is 5.92. The van der Waals surface area contributed by atoms with Gasteiger partial charge in [0, 0.05) is 18.2 Å². The van der Waals surface area contributed by atoms with Crippen LogP contribution in [0.5, 0.6) is 0 Å². The minimum atomic E-state index is -0.261. The first-order chi connectivity index (χ1) is 11.1. The maximum atomic E-state index is 12.4. The zero-order valence-corrected chi connectivity index (χ0v) is 14.3. The number of carbonyl (C=O) groups excluding carboxylic acids is 1. The highest BCUT2D eigenvalue weighted by Crippen LogP contribution is 2.09. The smallest absolute Gasteiger partial charge is 0.271 e. The van der Waals surface area contributed by atoms with E-state index in [9.17, 15) is 9.59 Å². The quantitative estimate of drug-likeness (QED) is 0.882. The predicted octanol–water partition coefficient (Wildman–Crippen LogP) is 1.52. The fourth-order valence-corrected chi connectivity index (χ4v) is 2.81. The number of nitrogens with one attached hydrogen (secondary N) is 2. The van der Waals surface area contributed by atoms with Gasteiger partial charge in [0.15, 0.2) is 0 Å². The van der Waals surface area contributed by atoms with Gasteiger partial charge in [-0.25, -0.2) is 0 Å². The lowest BCUT2D eigenvalue weighted by atomic mass is 10.0. The molecule has 7 heteroatoms. The van der Waals surface area contributed by atoms with Crippen molar-refractivity contribution in [3.63, 3.8) is 0 Å². The molecule has 1 saturated heterocycles. The molecular formula is C17H21ClN4O2. The molecule has 6 nitrogen and oxygen atoms in total. The van der Waals surface area contributed by atoms with Crippen LogP contribution in [0.15, 0.2) is 47.3 Å². The molecule has 1 aromatic carbocycles. The largest absolute Gasteiger partial charge is 0.348 e. The van der Waals surface area contributed by atoms with Crippen LogP contribution in [-0.4, -0.2) is 34.3 Å². The van der Waals surface area contributed by atoms with Crippen molar-refractivity contribution in [3.8, 4) is 5.69 Å². The topological polar surface area (TPSA) is 76.0 Å². The van der Waals surface area contributed by atoms with Crippen molar-refractivity contribution in [1.82, 2.24) is 20.4 Å². The van der Waals surface area contributed by atoms with E-state index >= 15 is 0 Å². The van der Waals surface area contributed by atoms with E-state index in [0.717, 1.165) is 19.4 Å². The van der Waals surface area contributed by atoms with Crippen LogP contribution in [0.4, 0.5) is 0 Å². The van der Waals surface area contributed by atoms with Crippen LogP contribution in [0.25, 0.3) is 5.69 Å².